The van der Waals surface area contributed by atoms with Crippen molar-refractivity contribution >= 4 is 45.0 Å². The molecule has 1 heterocycles. The van der Waals surface area contributed by atoms with E-state index in [1.807, 2.05) is 0 Å². The Balaban J connectivity index is 1.90. The number of carbonyl (C=O) groups excluding carboxylic acids is 1. The van der Waals surface area contributed by atoms with Gasteiger partial charge in [0, 0.05) is 12.2 Å². The highest BCUT2D eigenvalue weighted by Gasteiger charge is 2.27. The minimum absolute atomic E-state index is 0.00789. The fourth-order valence-corrected chi connectivity index (χ4v) is 5.02. The second-order valence-electron chi connectivity index (χ2n) is 6.03. The Hall–Kier alpha value is -1.67. The van der Waals surface area contributed by atoms with E-state index in [2.05, 4.69) is 15.0 Å². The first-order valence-electron chi connectivity index (χ1n) is 8.10. The minimum atomic E-state index is -3.86. The van der Waals surface area contributed by atoms with E-state index in [-0.39, 0.29) is 26.5 Å². The number of rotatable bonds is 5. The Morgan fingerprint density at radius 3 is 2.50 bits per heavy atom. The van der Waals surface area contributed by atoms with Gasteiger partial charge in [0.1, 0.15) is 10.7 Å². The Morgan fingerprint density at radius 1 is 1.12 bits per heavy atom. The standard InChI is InChI=1S/C17H17Cl2N3O3S/c18-13-10-14(19)15(26(24,25)22-11-5-1-2-6-11)9-12(13)17(23)21-16-7-3-4-8-20-16/h3-4,7-11,22H,1-2,5-6H2,(H,20,21,23). The van der Waals surface area contributed by atoms with Crippen LogP contribution in [0.25, 0.3) is 0 Å². The zero-order valence-corrected chi connectivity index (χ0v) is 16.0. The summed E-state index contributed by atoms with van der Waals surface area (Å²) in [7, 11) is -3.86. The molecule has 1 aliphatic carbocycles. The predicted molar refractivity (Wildman–Crippen MR) is 101 cm³/mol. The molecule has 9 heteroatoms. The van der Waals surface area contributed by atoms with E-state index in [1.165, 1.54) is 18.3 Å². The molecule has 1 saturated carbocycles. The second-order valence-corrected chi connectivity index (χ2v) is 8.53. The number of hydrogen-bond donors (Lipinski definition) is 2. The largest absolute Gasteiger partial charge is 0.307 e. The number of carbonyl (C=O) groups is 1. The zero-order valence-electron chi connectivity index (χ0n) is 13.7. The lowest BCUT2D eigenvalue weighted by Crippen LogP contribution is -2.33. The van der Waals surface area contributed by atoms with E-state index in [0.717, 1.165) is 25.7 Å². The number of aromatic nitrogens is 1. The van der Waals surface area contributed by atoms with E-state index >= 15 is 0 Å². The molecule has 0 aliphatic heterocycles. The molecule has 3 rings (SSSR count). The molecule has 0 saturated heterocycles. The van der Waals surface area contributed by atoms with E-state index in [4.69, 9.17) is 23.2 Å². The normalized spacial score (nSPS) is 15.2. The summed E-state index contributed by atoms with van der Waals surface area (Å²) in [6.07, 6.45) is 5.08. The summed E-state index contributed by atoms with van der Waals surface area (Å²) >= 11 is 12.2. The lowest BCUT2D eigenvalue weighted by Gasteiger charge is -2.15. The summed E-state index contributed by atoms with van der Waals surface area (Å²) in [4.78, 5) is 16.3. The number of nitrogens with zero attached hydrogens (tertiary/aromatic N) is 1. The molecule has 0 atom stereocenters. The van der Waals surface area contributed by atoms with Gasteiger partial charge in [-0.15, -0.1) is 0 Å². The molecule has 0 bridgehead atoms. The van der Waals surface area contributed by atoms with Gasteiger partial charge in [-0.2, -0.15) is 0 Å². The van der Waals surface area contributed by atoms with Crippen LogP contribution in [0.3, 0.4) is 0 Å². The number of hydrogen-bond acceptors (Lipinski definition) is 4. The van der Waals surface area contributed by atoms with Crippen molar-refractivity contribution in [3.8, 4) is 0 Å². The molecule has 0 spiro atoms. The number of nitrogens with one attached hydrogen (secondary N) is 2. The van der Waals surface area contributed by atoms with Crippen molar-refractivity contribution in [1.82, 2.24) is 9.71 Å². The molecule has 26 heavy (non-hydrogen) atoms. The van der Waals surface area contributed by atoms with Crippen molar-refractivity contribution in [2.24, 2.45) is 0 Å². The highest BCUT2D eigenvalue weighted by molar-refractivity contribution is 7.89. The topological polar surface area (TPSA) is 88.2 Å². The molecule has 1 aliphatic rings. The van der Waals surface area contributed by atoms with Crippen molar-refractivity contribution in [2.45, 2.75) is 36.6 Å². The quantitative estimate of drug-likeness (QED) is 0.778. The monoisotopic (exact) mass is 413 g/mol. The number of benzene rings is 1. The molecule has 1 aromatic heterocycles. The highest BCUT2D eigenvalue weighted by Crippen LogP contribution is 2.30. The number of pyridine rings is 1. The van der Waals surface area contributed by atoms with Gasteiger partial charge in [-0.3, -0.25) is 4.79 Å². The van der Waals surface area contributed by atoms with Crippen LogP contribution < -0.4 is 10.0 Å². The number of halogens is 2. The van der Waals surface area contributed by atoms with Crippen LogP contribution in [-0.4, -0.2) is 25.4 Å². The maximum Gasteiger partial charge on any atom is 0.258 e. The van der Waals surface area contributed by atoms with Gasteiger partial charge in [-0.1, -0.05) is 42.1 Å². The van der Waals surface area contributed by atoms with Gasteiger partial charge in [0.05, 0.1) is 15.6 Å². The first kappa shape index (κ1) is 19.1. The van der Waals surface area contributed by atoms with Crippen LogP contribution in [0.2, 0.25) is 10.0 Å². The Bertz CT molecular complexity index is 914. The molecule has 1 amide bonds. The van der Waals surface area contributed by atoms with Crippen LogP contribution in [0.4, 0.5) is 5.82 Å². The molecule has 6 nitrogen and oxygen atoms in total. The molecule has 1 aromatic carbocycles. The van der Waals surface area contributed by atoms with Gasteiger partial charge in [-0.05, 0) is 37.1 Å². The lowest BCUT2D eigenvalue weighted by molar-refractivity contribution is 0.102. The first-order valence-corrected chi connectivity index (χ1v) is 10.3. The van der Waals surface area contributed by atoms with Gasteiger partial charge in [0.25, 0.3) is 5.91 Å². The SMILES string of the molecule is O=C(Nc1ccccn1)c1cc(S(=O)(=O)NC2CCCC2)c(Cl)cc1Cl. The third-order valence-electron chi connectivity index (χ3n) is 4.14. The molecule has 2 N–H and O–H groups in total. The van der Waals surface area contributed by atoms with Crippen LogP contribution in [-0.2, 0) is 10.0 Å². The van der Waals surface area contributed by atoms with E-state index < -0.39 is 15.9 Å². The van der Waals surface area contributed by atoms with Crippen molar-refractivity contribution in [1.29, 1.82) is 0 Å². The lowest BCUT2D eigenvalue weighted by atomic mass is 10.2. The molecular formula is C17H17Cl2N3O3S. The van der Waals surface area contributed by atoms with Crippen LogP contribution in [0.15, 0.2) is 41.4 Å². The fraction of sp³-hybridized carbons (Fsp3) is 0.294. The van der Waals surface area contributed by atoms with Crippen LogP contribution in [0, 0.1) is 0 Å². The highest BCUT2D eigenvalue weighted by atomic mass is 35.5. The summed E-state index contributed by atoms with van der Waals surface area (Å²) in [5, 5.41) is 2.60. The third-order valence-corrected chi connectivity index (χ3v) is 6.44. The third kappa shape index (κ3) is 4.35. The maximum absolute atomic E-state index is 12.7. The second kappa shape index (κ2) is 7.92. The summed E-state index contributed by atoms with van der Waals surface area (Å²) in [5.41, 5.74) is 0.00789. The number of sulfonamides is 1. The summed E-state index contributed by atoms with van der Waals surface area (Å²) in [6.45, 7) is 0. The fourth-order valence-electron chi connectivity index (χ4n) is 2.86. The van der Waals surface area contributed by atoms with E-state index in [1.54, 1.807) is 18.2 Å². The first-order chi connectivity index (χ1) is 12.4. The van der Waals surface area contributed by atoms with Crippen LogP contribution in [0.5, 0.6) is 0 Å². The number of amides is 1. The van der Waals surface area contributed by atoms with Gasteiger partial charge in [0.15, 0.2) is 0 Å². The average molecular weight is 414 g/mol. The molecule has 138 valence electrons. The van der Waals surface area contributed by atoms with Gasteiger partial charge < -0.3 is 5.32 Å². The van der Waals surface area contributed by atoms with E-state index in [0.29, 0.717) is 5.82 Å². The number of anilines is 1. The predicted octanol–water partition coefficient (Wildman–Crippen LogP) is 3.86. The van der Waals surface area contributed by atoms with Crippen LogP contribution in [0.1, 0.15) is 36.0 Å². The van der Waals surface area contributed by atoms with Gasteiger partial charge >= 0.3 is 0 Å². The maximum atomic E-state index is 12.7. The molecule has 0 unspecified atom stereocenters. The van der Waals surface area contributed by atoms with Crippen molar-refractivity contribution in [2.75, 3.05) is 5.32 Å². The smallest absolute Gasteiger partial charge is 0.258 e. The molecule has 1 fully saturated rings. The summed E-state index contributed by atoms with van der Waals surface area (Å²) < 4.78 is 28.0. The summed E-state index contributed by atoms with van der Waals surface area (Å²) in [5.74, 6) is -0.236. The van der Waals surface area contributed by atoms with Gasteiger partial charge in [0.2, 0.25) is 10.0 Å². The van der Waals surface area contributed by atoms with Gasteiger partial charge in [-0.25, -0.2) is 18.1 Å². The molecule has 0 radical (unpaired) electrons. The average Bonchev–Trinajstić information content (AvgIpc) is 3.07. The zero-order chi connectivity index (χ0) is 18.7. The Kier molecular flexibility index (Phi) is 5.82. The van der Waals surface area contributed by atoms with Crippen molar-refractivity contribution < 1.29 is 13.2 Å². The minimum Gasteiger partial charge on any atom is -0.307 e. The molecular weight excluding hydrogens is 397 g/mol. The van der Waals surface area contributed by atoms with Crippen molar-refractivity contribution in [3.63, 3.8) is 0 Å². The summed E-state index contributed by atoms with van der Waals surface area (Å²) in [6, 6.07) is 7.39. The van der Waals surface area contributed by atoms with E-state index in [9.17, 15) is 13.2 Å². The van der Waals surface area contributed by atoms with Crippen molar-refractivity contribution in [3.05, 3.63) is 52.1 Å². The van der Waals surface area contributed by atoms with Crippen LogP contribution >= 0.6 is 23.2 Å². The Morgan fingerprint density at radius 2 is 1.85 bits per heavy atom. The Labute approximate surface area is 162 Å². The molecule has 2 aromatic rings.